The highest BCUT2D eigenvalue weighted by atomic mass is 32.1. The first kappa shape index (κ1) is 12.2. The second kappa shape index (κ2) is 5.38. The quantitative estimate of drug-likeness (QED) is 0.901. The molecule has 0 saturated heterocycles. The van der Waals surface area contributed by atoms with Crippen LogP contribution in [-0.4, -0.2) is 9.97 Å². The third-order valence-corrected chi connectivity index (χ3v) is 3.92. The maximum atomic E-state index is 4.36. The first-order valence-electron chi connectivity index (χ1n) is 5.75. The number of rotatable bonds is 4. The van der Waals surface area contributed by atoms with Crippen molar-refractivity contribution in [2.45, 2.75) is 32.9 Å². The Morgan fingerprint density at radius 2 is 2.00 bits per heavy atom. The van der Waals surface area contributed by atoms with Crippen molar-refractivity contribution >= 4 is 11.3 Å². The fourth-order valence-corrected chi connectivity index (χ4v) is 2.71. The van der Waals surface area contributed by atoms with E-state index in [0.29, 0.717) is 6.04 Å². The van der Waals surface area contributed by atoms with Crippen LogP contribution in [0.3, 0.4) is 0 Å². The molecule has 0 aliphatic carbocycles. The van der Waals surface area contributed by atoms with E-state index in [1.54, 1.807) is 11.3 Å². The van der Waals surface area contributed by atoms with E-state index < -0.39 is 0 Å². The van der Waals surface area contributed by atoms with Crippen molar-refractivity contribution in [1.29, 1.82) is 0 Å². The van der Waals surface area contributed by atoms with Gasteiger partial charge in [-0.15, -0.1) is 11.3 Å². The topological polar surface area (TPSA) is 37.8 Å². The van der Waals surface area contributed by atoms with Gasteiger partial charge in [0.25, 0.3) is 0 Å². The summed E-state index contributed by atoms with van der Waals surface area (Å²) in [5, 5.41) is 3.55. The zero-order chi connectivity index (χ0) is 12.3. The van der Waals surface area contributed by atoms with Crippen molar-refractivity contribution in [1.82, 2.24) is 15.3 Å². The number of nitrogens with zero attached hydrogens (tertiary/aromatic N) is 2. The van der Waals surface area contributed by atoms with Crippen LogP contribution in [0.4, 0.5) is 0 Å². The Bertz CT molecular complexity index is 467. The Hall–Kier alpha value is -1.26. The van der Waals surface area contributed by atoms with E-state index in [-0.39, 0.29) is 6.04 Å². The van der Waals surface area contributed by atoms with Gasteiger partial charge in [0.1, 0.15) is 0 Å². The average molecular weight is 247 g/mol. The molecule has 90 valence electrons. The minimum absolute atomic E-state index is 0.243. The molecule has 0 fully saturated rings. The molecule has 0 amide bonds. The summed E-state index contributed by atoms with van der Waals surface area (Å²) < 4.78 is 0. The maximum absolute atomic E-state index is 4.36. The van der Waals surface area contributed by atoms with Crippen molar-refractivity contribution in [3.05, 3.63) is 46.2 Å². The van der Waals surface area contributed by atoms with Gasteiger partial charge in [-0.05, 0) is 32.9 Å². The summed E-state index contributed by atoms with van der Waals surface area (Å²) in [7, 11) is 0. The van der Waals surface area contributed by atoms with E-state index in [1.807, 2.05) is 29.9 Å². The van der Waals surface area contributed by atoms with Gasteiger partial charge >= 0.3 is 0 Å². The zero-order valence-electron chi connectivity index (χ0n) is 10.3. The summed E-state index contributed by atoms with van der Waals surface area (Å²) in [6, 6.07) is 6.55. The molecule has 0 saturated carbocycles. The molecule has 2 unspecified atom stereocenters. The molecule has 0 bridgehead atoms. The number of aryl methyl sites for hydroxylation is 1. The Kier molecular flexibility index (Phi) is 3.86. The number of nitrogens with one attached hydrogen (secondary N) is 1. The van der Waals surface area contributed by atoms with Gasteiger partial charge in [0.2, 0.25) is 0 Å². The van der Waals surface area contributed by atoms with Crippen LogP contribution in [0, 0.1) is 6.92 Å². The predicted molar refractivity (Wildman–Crippen MR) is 71.1 cm³/mol. The molecular weight excluding hydrogens is 230 g/mol. The SMILES string of the molecule is Cc1ncsc1C(C)NC(C)c1ccccn1. The fraction of sp³-hybridized carbons (Fsp3) is 0.385. The molecule has 2 heterocycles. The van der Waals surface area contributed by atoms with Crippen molar-refractivity contribution in [3.63, 3.8) is 0 Å². The largest absolute Gasteiger partial charge is 0.301 e. The molecule has 2 atom stereocenters. The van der Waals surface area contributed by atoms with Gasteiger partial charge in [0, 0.05) is 23.2 Å². The third kappa shape index (κ3) is 2.90. The number of thiazole rings is 1. The lowest BCUT2D eigenvalue weighted by atomic mass is 10.1. The molecule has 0 aromatic carbocycles. The van der Waals surface area contributed by atoms with Crippen molar-refractivity contribution in [2.75, 3.05) is 0 Å². The first-order chi connectivity index (χ1) is 8.18. The molecule has 0 spiro atoms. The molecule has 17 heavy (non-hydrogen) atoms. The monoisotopic (exact) mass is 247 g/mol. The van der Waals surface area contributed by atoms with Crippen LogP contribution in [0.5, 0.6) is 0 Å². The van der Waals surface area contributed by atoms with Crippen molar-refractivity contribution < 1.29 is 0 Å². The molecule has 2 rings (SSSR count). The number of hydrogen-bond acceptors (Lipinski definition) is 4. The Labute approximate surface area is 106 Å². The second-order valence-corrected chi connectivity index (χ2v) is 5.05. The van der Waals surface area contributed by atoms with Gasteiger partial charge in [0.05, 0.1) is 16.9 Å². The Morgan fingerprint density at radius 3 is 2.59 bits per heavy atom. The number of pyridine rings is 1. The molecule has 0 aliphatic rings. The van der Waals surface area contributed by atoms with Crippen LogP contribution in [0.25, 0.3) is 0 Å². The lowest BCUT2D eigenvalue weighted by Crippen LogP contribution is -2.23. The molecule has 2 aromatic heterocycles. The van der Waals surface area contributed by atoms with E-state index >= 15 is 0 Å². The average Bonchev–Trinajstić information content (AvgIpc) is 2.76. The maximum Gasteiger partial charge on any atom is 0.0798 e. The lowest BCUT2D eigenvalue weighted by molar-refractivity contribution is 0.489. The number of hydrogen-bond donors (Lipinski definition) is 1. The highest BCUT2D eigenvalue weighted by Crippen LogP contribution is 2.23. The smallest absolute Gasteiger partial charge is 0.0798 e. The molecule has 3 nitrogen and oxygen atoms in total. The summed E-state index contributed by atoms with van der Waals surface area (Å²) in [4.78, 5) is 9.94. The normalized spacial score (nSPS) is 14.5. The van der Waals surface area contributed by atoms with Gasteiger partial charge in [-0.3, -0.25) is 4.98 Å². The van der Waals surface area contributed by atoms with Crippen molar-refractivity contribution in [3.8, 4) is 0 Å². The minimum atomic E-state index is 0.243. The molecule has 4 heteroatoms. The summed E-state index contributed by atoms with van der Waals surface area (Å²) in [6.45, 7) is 6.35. The molecule has 1 N–H and O–H groups in total. The molecular formula is C13H17N3S. The van der Waals surface area contributed by atoms with Gasteiger partial charge in [-0.2, -0.15) is 0 Å². The number of aromatic nitrogens is 2. The van der Waals surface area contributed by atoms with Crippen LogP contribution in [0.15, 0.2) is 29.9 Å². The summed E-state index contributed by atoms with van der Waals surface area (Å²) in [5.74, 6) is 0. The fourth-order valence-electron chi connectivity index (χ4n) is 1.89. The van der Waals surface area contributed by atoms with Crippen LogP contribution in [-0.2, 0) is 0 Å². The minimum Gasteiger partial charge on any atom is -0.301 e. The van der Waals surface area contributed by atoms with Gasteiger partial charge < -0.3 is 5.32 Å². The third-order valence-electron chi connectivity index (χ3n) is 2.81. The van der Waals surface area contributed by atoms with E-state index in [1.165, 1.54) is 4.88 Å². The Balaban J connectivity index is 2.05. The standard InChI is InChI=1S/C13H17N3S/c1-9(12-6-4-5-7-14-12)16-11(3)13-10(2)15-8-17-13/h4-9,11,16H,1-3H3. The second-order valence-electron chi connectivity index (χ2n) is 4.17. The van der Waals surface area contributed by atoms with Gasteiger partial charge in [0.15, 0.2) is 0 Å². The lowest BCUT2D eigenvalue weighted by Gasteiger charge is -2.19. The van der Waals surface area contributed by atoms with E-state index in [9.17, 15) is 0 Å². The van der Waals surface area contributed by atoms with E-state index in [4.69, 9.17) is 0 Å². The first-order valence-corrected chi connectivity index (χ1v) is 6.63. The van der Waals surface area contributed by atoms with Crippen molar-refractivity contribution in [2.24, 2.45) is 0 Å². The Morgan fingerprint density at radius 1 is 1.18 bits per heavy atom. The molecule has 2 aromatic rings. The van der Waals surface area contributed by atoms with Crippen LogP contribution >= 0.6 is 11.3 Å². The molecule has 0 aliphatic heterocycles. The summed E-state index contributed by atoms with van der Waals surface area (Å²) in [5.41, 5.74) is 4.08. The van der Waals surface area contributed by atoms with E-state index in [2.05, 4.69) is 36.1 Å². The van der Waals surface area contributed by atoms with Crippen LogP contribution < -0.4 is 5.32 Å². The molecule has 0 radical (unpaired) electrons. The van der Waals surface area contributed by atoms with Gasteiger partial charge in [-0.1, -0.05) is 6.07 Å². The van der Waals surface area contributed by atoms with Gasteiger partial charge in [-0.25, -0.2) is 4.98 Å². The van der Waals surface area contributed by atoms with E-state index in [0.717, 1.165) is 11.4 Å². The summed E-state index contributed by atoms with van der Waals surface area (Å²) >= 11 is 1.70. The van der Waals surface area contributed by atoms with Crippen LogP contribution in [0.2, 0.25) is 0 Å². The summed E-state index contributed by atoms with van der Waals surface area (Å²) in [6.07, 6.45) is 1.83. The van der Waals surface area contributed by atoms with Crippen LogP contribution in [0.1, 0.15) is 42.2 Å². The highest BCUT2D eigenvalue weighted by Gasteiger charge is 2.14. The predicted octanol–water partition coefficient (Wildman–Crippen LogP) is 3.26. The zero-order valence-corrected chi connectivity index (χ0v) is 11.2. The highest BCUT2D eigenvalue weighted by molar-refractivity contribution is 7.09.